The summed E-state index contributed by atoms with van der Waals surface area (Å²) in [6.45, 7) is 0. The predicted octanol–water partition coefficient (Wildman–Crippen LogP) is 3.62. The SMILES string of the molecule is [B]c1c(C=O)c(NSI)cc2ccc(Br)cc12. The Bertz CT molecular complexity index is 593. The molecule has 0 atom stereocenters. The maximum atomic E-state index is 11.1. The number of hydrogen-bond acceptors (Lipinski definition) is 3. The predicted molar refractivity (Wildman–Crippen MR) is 87.7 cm³/mol. The standard InChI is InChI=1S/C11H6BBrINOS/c12-11-8-4-7(13)2-1-6(8)3-10(15-17-14)9(11)5-16/h1-5,15H. The van der Waals surface area contributed by atoms with Gasteiger partial charge in [0.1, 0.15) is 7.85 Å². The lowest BCUT2D eigenvalue weighted by atomic mass is 9.85. The van der Waals surface area contributed by atoms with Crippen molar-refractivity contribution < 1.29 is 4.79 Å². The first-order valence-corrected chi connectivity index (χ1v) is 8.83. The third kappa shape index (κ3) is 2.63. The van der Waals surface area contributed by atoms with Gasteiger partial charge in [-0.15, -0.1) is 0 Å². The Hall–Kier alpha value is -0.205. The summed E-state index contributed by atoms with van der Waals surface area (Å²) in [6.07, 6.45) is 0.783. The van der Waals surface area contributed by atoms with Crippen LogP contribution >= 0.6 is 46.3 Å². The largest absolute Gasteiger partial charge is 0.320 e. The van der Waals surface area contributed by atoms with Gasteiger partial charge in [0.2, 0.25) is 0 Å². The lowest BCUT2D eigenvalue weighted by molar-refractivity contribution is 0.112. The zero-order chi connectivity index (χ0) is 12.4. The van der Waals surface area contributed by atoms with Crippen LogP contribution in [0.1, 0.15) is 10.4 Å². The number of fused-ring (bicyclic) bond motifs is 1. The molecule has 2 radical (unpaired) electrons. The normalized spacial score (nSPS) is 10.5. The Morgan fingerprint density at radius 1 is 1.41 bits per heavy atom. The number of halogens is 2. The van der Waals surface area contributed by atoms with Gasteiger partial charge in [0.25, 0.3) is 0 Å². The van der Waals surface area contributed by atoms with Gasteiger partial charge in [-0.3, -0.25) is 4.79 Å². The highest BCUT2D eigenvalue weighted by Crippen LogP contribution is 2.26. The first kappa shape index (κ1) is 13.2. The third-order valence-electron chi connectivity index (χ3n) is 2.45. The van der Waals surface area contributed by atoms with Crippen LogP contribution in [-0.4, -0.2) is 14.1 Å². The zero-order valence-corrected chi connectivity index (χ0v) is 13.1. The number of carbonyl (C=O) groups excluding carboxylic acids is 1. The molecule has 2 rings (SSSR count). The number of aldehydes is 1. The van der Waals surface area contributed by atoms with Crippen molar-refractivity contribution in [3.8, 4) is 0 Å². The highest BCUT2D eigenvalue weighted by molar-refractivity contribution is 14.2. The molecule has 0 aliphatic carbocycles. The maximum absolute atomic E-state index is 11.1. The van der Waals surface area contributed by atoms with E-state index in [1.807, 2.05) is 24.3 Å². The molecule has 6 heteroatoms. The summed E-state index contributed by atoms with van der Waals surface area (Å²) in [5.74, 6) is 0. The van der Waals surface area contributed by atoms with E-state index < -0.39 is 0 Å². The molecule has 2 aromatic rings. The highest BCUT2D eigenvalue weighted by Gasteiger charge is 2.09. The van der Waals surface area contributed by atoms with E-state index in [1.165, 1.54) is 9.12 Å². The second-order valence-corrected chi connectivity index (χ2v) is 6.01. The molecule has 0 amide bonds. The first-order valence-electron chi connectivity index (χ1n) is 4.68. The summed E-state index contributed by atoms with van der Waals surface area (Å²) in [6, 6.07) is 7.75. The molecule has 0 saturated carbocycles. The van der Waals surface area contributed by atoms with Crippen molar-refractivity contribution >= 4 is 82.3 Å². The van der Waals surface area contributed by atoms with E-state index in [2.05, 4.69) is 41.9 Å². The van der Waals surface area contributed by atoms with E-state index in [0.29, 0.717) is 11.0 Å². The maximum Gasteiger partial charge on any atom is 0.151 e. The molecule has 84 valence electrons. The van der Waals surface area contributed by atoms with Gasteiger partial charge in [-0.1, -0.05) is 27.5 Å². The van der Waals surface area contributed by atoms with Crippen LogP contribution in [0, 0.1) is 0 Å². The number of anilines is 1. The van der Waals surface area contributed by atoms with Gasteiger partial charge in [0.05, 0.1) is 5.69 Å². The molecule has 17 heavy (non-hydrogen) atoms. The van der Waals surface area contributed by atoms with Crippen molar-refractivity contribution in [2.75, 3.05) is 4.72 Å². The Kier molecular flexibility index (Phi) is 4.38. The Labute approximate surface area is 125 Å². The summed E-state index contributed by atoms with van der Waals surface area (Å²) in [4.78, 5) is 11.1. The van der Waals surface area contributed by atoms with Gasteiger partial charge in [0, 0.05) is 40.4 Å². The molecular weight excluding hydrogens is 412 g/mol. The van der Waals surface area contributed by atoms with Crippen LogP contribution in [0.25, 0.3) is 10.8 Å². The molecule has 2 nitrogen and oxygen atoms in total. The van der Waals surface area contributed by atoms with Crippen LogP contribution in [0.4, 0.5) is 5.69 Å². The van der Waals surface area contributed by atoms with Gasteiger partial charge >= 0.3 is 0 Å². The number of nitrogens with one attached hydrogen (secondary N) is 1. The summed E-state index contributed by atoms with van der Waals surface area (Å²) >= 11 is 5.50. The summed E-state index contributed by atoms with van der Waals surface area (Å²) in [7, 11) is 7.43. The fourth-order valence-corrected chi connectivity index (χ4v) is 2.99. The average Bonchev–Trinajstić information content (AvgIpc) is 2.31. The van der Waals surface area contributed by atoms with E-state index in [4.69, 9.17) is 7.85 Å². The lowest BCUT2D eigenvalue weighted by Crippen LogP contribution is -2.13. The second kappa shape index (κ2) is 5.62. The molecule has 0 unspecified atom stereocenters. The van der Waals surface area contributed by atoms with E-state index in [-0.39, 0.29) is 0 Å². The number of benzene rings is 2. The minimum absolute atomic E-state index is 0.500. The minimum atomic E-state index is 0.500. The molecule has 0 aliphatic heterocycles. The Morgan fingerprint density at radius 2 is 2.18 bits per heavy atom. The summed E-state index contributed by atoms with van der Waals surface area (Å²) < 4.78 is 4.00. The van der Waals surface area contributed by atoms with E-state index in [1.54, 1.807) is 0 Å². The van der Waals surface area contributed by atoms with Crippen LogP contribution in [0.3, 0.4) is 0 Å². The van der Waals surface area contributed by atoms with Gasteiger partial charge in [0.15, 0.2) is 6.29 Å². The van der Waals surface area contributed by atoms with Crippen LogP contribution in [0.2, 0.25) is 0 Å². The van der Waals surface area contributed by atoms with Gasteiger partial charge in [-0.2, -0.15) is 0 Å². The fourth-order valence-electron chi connectivity index (χ4n) is 1.66. The van der Waals surface area contributed by atoms with Gasteiger partial charge < -0.3 is 4.72 Å². The molecule has 0 fully saturated rings. The van der Waals surface area contributed by atoms with Crippen molar-refractivity contribution in [1.82, 2.24) is 0 Å². The lowest BCUT2D eigenvalue weighted by Gasteiger charge is -2.12. The molecule has 1 N–H and O–H groups in total. The third-order valence-corrected chi connectivity index (χ3v) is 3.90. The van der Waals surface area contributed by atoms with Crippen LogP contribution in [0.5, 0.6) is 0 Å². The Balaban J connectivity index is 2.77. The molecular formula is C11H6BBrINOS. The van der Waals surface area contributed by atoms with Crippen LogP contribution < -0.4 is 10.2 Å². The van der Waals surface area contributed by atoms with Gasteiger partial charge in [-0.25, -0.2) is 0 Å². The molecule has 0 saturated heterocycles. The monoisotopic (exact) mass is 417 g/mol. The second-order valence-electron chi connectivity index (χ2n) is 3.41. The van der Waals surface area contributed by atoms with Crippen LogP contribution in [-0.2, 0) is 0 Å². The molecule has 0 aliphatic rings. The first-order chi connectivity index (χ1) is 8.17. The van der Waals surface area contributed by atoms with Gasteiger partial charge in [-0.05, 0) is 29.0 Å². The van der Waals surface area contributed by atoms with Crippen LogP contribution in [0.15, 0.2) is 28.7 Å². The molecule has 0 heterocycles. The molecule has 0 bridgehead atoms. The highest BCUT2D eigenvalue weighted by atomic mass is 127. The number of rotatable bonds is 3. The van der Waals surface area contributed by atoms with Crippen molar-refractivity contribution in [2.24, 2.45) is 0 Å². The van der Waals surface area contributed by atoms with Crippen molar-refractivity contribution in [3.63, 3.8) is 0 Å². The average molecular weight is 418 g/mol. The molecule has 0 aromatic heterocycles. The topological polar surface area (TPSA) is 29.1 Å². The summed E-state index contributed by atoms with van der Waals surface area (Å²) in [5, 5.41) is 1.88. The van der Waals surface area contributed by atoms with Crippen molar-refractivity contribution in [1.29, 1.82) is 0 Å². The zero-order valence-electron chi connectivity index (χ0n) is 8.54. The Morgan fingerprint density at radius 3 is 2.82 bits per heavy atom. The minimum Gasteiger partial charge on any atom is -0.320 e. The number of hydrogen-bond donors (Lipinski definition) is 1. The van der Waals surface area contributed by atoms with E-state index in [9.17, 15) is 4.79 Å². The molecule has 0 spiro atoms. The van der Waals surface area contributed by atoms with Crippen molar-refractivity contribution in [3.05, 3.63) is 34.3 Å². The fraction of sp³-hybridized carbons (Fsp3) is 0. The van der Waals surface area contributed by atoms with E-state index in [0.717, 1.165) is 27.2 Å². The molecule has 2 aromatic carbocycles. The smallest absolute Gasteiger partial charge is 0.151 e. The number of carbonyl (C=O) groups is 1. The summed E-state index contributed by atoms with van der Waals surface area (Å²) in [5.41, 5.74) is 1.75. The van der Waals surface area contributed by atoms with Crippen molar-refractivity contribution in [2.45, 2.75) is 0 Å². The van der Waals surface area contributed by atoms with E-state index >= 15 is 0 Å². The quantitative estimate of drug-likeness (QED) is 0.358.